The van der Waals surface area contributed by atoms with Gasteiger partial charge in [0.2, 0.25) is 0 Å². The number of rotatable bonds is 4. The lowest BCUT2D eigenvalue weighted by molar-refractivity contribution is 0.0693. The maximum absolute atomic E-state index is 12.1. The first-order valence-corrected chi connectivity index (χ1v) is 7.40. The van der Waals surface area contributed by atoms with Gasteiger partial charge in [0.05, 0.1) is 5.69 Å². The molecule has 24 heavy (non-hydrogen) atoms. The monoisotopic (exact) mass is 322 g/mol. The van der Waals surface area contributed by atoms with Gasteiger partial charge >= 0.3 is 11.6 Å². The molecular formula is C18H14N2O4. The zero-order chi connectivity index (χ0) is 17.1. The number of nitrogens with zero attached hydrogens (tertiary/aromatic N) is 2. The standard InChI is InChI=1S/C18H14N2O4/c1-2-11-7-6-10-13-14(11)16(15(17(21)22)18(23)24-13)20-19-12-8-4-3-5-9-12/h3-10H,2H2,1H3,(H,21,22). The Kier molecular flexibility index (Phi) is 4.20. The van der Waals surface area contributed by atoms with Gasteiger partial charge in [0.25, 0.3) is 0 Å². The molecule has 0 bridgehead atoms. The Balaban J connectivity index is 2.34. The molecule has 0 spiro atoms. The predicted octanol–water partition coefficient (Wildman–Crippen LogP) is 4.47. The van der Waals surface area contributed by atoms with Crippen molar-refractivity contribution in [1.82, 2.24) is 0 Å². The number of carbonyl (C=O) groups is 1. The molecule has 1 N–H and O–H groups in total. The van der Waals surface area contributed by atoms with Crippen LogP contribution in [0, 0.1) is 0 Å². The molecule has 6 heteroatoms. The quantitative estimate of drug-likeness (QED) is 0.566. The van der Waals surface area contributed by atoms with Crippen LogP contribution in [0.25, 0.3) is 11.0 Å². The molecule has 0 saturated heterocycles. The molecule has 0 fully saturated rings. The Labute approximate surface area is 137 Å². The van der Waals surface area contributed by atoms with Gasteiger partial charge in [-0.05, 0) is 30.2 Å². The fraction of sp³-hybridized carbons (Fsp3) is 0.111. The maximum Gasteiger partial charge on any atom is 0.353 e. The summed E-state index contributed by atoms with van der Waals surface area (Å²) in [6.07, 6.45) is 0.637. The van der Waals surface area contributed by atoms with Crippen molar-refractivity contribution < 1.29 is 14.3 Å². The van der Waals surface area contributed by atoms with Crippen molar-refractivity contribution in [1.29, 1.82) is 0 Å². The van der Waals surface area contributed by atoms with Gasteiger partial charge in [-0.1, -0.05) is 37.3 Å². The summed E-state index contributed by atoms with van der Waals surface area (Å²) in [5.74, 6) is -1.39. The Morgan fingerprint density at radius 2 is 1.83 bits per heavy atom. The van der Waals surface area contributed by atoms with Crippen molar-refractivity contribution in [3.8, 4) is 0 Å². The van der Waals surface area contributed by atoms with E-state index in [9.17, 15) is 14.7 Å². The van der Waals surface area contributed by atoms with E-state index in [-0.39, 0.29) is 5.69 Å². The molecule has 6 nitrogen and oxygen atoms in total. The van der Waals surface area contributed by atoms with Crippen LogP contribution >= 0.6 is 0 Å². The minimum atomic E-state index is -1.39. The van der Waals surface area contributed by atoms with E-state index < -0.39 is 17.2 Å². The Hall–Kier alpha value is -3.28. The van der Waals surface area contributed by atoms with Gasteiger partial charge in [0.1, 0.15) is 11.3 Å². The number of carboxylic acids is 1. The SMILES string of the molecule is CCc1cccc2oc(=O)c(C(=O)O)c(N=Nc3ccccc3)c12. The summed E-state index contributed by atoms with van der Waals surface area (Å²) in [6, 6.07) is 14.1. The van der Waals surface area contributed by atoms with Crippen LogP contribution in [0.4, 0.5) is 11.4 Å². The predicted molar refractivity (Wildman–Crippen MR) is 89.4 cm³/mol. The van der Waals surface area contributed by atoms with Gasteiger partial charge < -0.3 is 9.52 Å². The van der Waals surface area contributed by atoms with Gasteiger partial charge in [0, 0.05) is 5.39 Å². The van der Waals surface area contributed by atoms with Crippen LogP contribution in [0.15, 0.2) is 68.0 Å². The summed E-state index contributed by atoms with van der Waals surface area (Å²) in [5.41, 5.74) is 0.264. The van der Waals surface area contributed by atoms with E-state index in [1.807, 2.05) is 19.1 Å². The van der Waals surface area contributed by atoms with Crippen LogP contribution in [-0.4, -0.2) is 11.1 Å². The fourth-order valence-electron chi connectivity index (χ4n) is 2.49. The first-order chi connectivity index (χ1) is 11.6. The number of carboxylic acid groups (broad SMARTS) is 1. The number of aromatic carboxylic acids is 1. The molecule has 3 aromatic rings. The highest BCUT2D eigenvalue weighted by Gasteiger charge is 2.22. The van der Waals surface area contributed by atoms with Crippen LogP contribution in [0.1, 0.15) is 22.8 Å². The Morgan fingerprint density at radius 1 is 1.08 bits per heavy atom. The summed E-state index contributed by atoms with van der Waals surface area (Å²) in [7, 11) is 0. The van der Waals surface area contributed by atoms with Crippen molar-refractivity contribution in [3.63, 3.8) is 0 Å². The molecular weight excluding hydrogens is 308 g/mol. The Morgan fingerprint density at radius 3 is 2.50 bits per heavy atom. The van der Waals surface area contributed by atoms with Crippen LogP contribution in [0.3, 0.4) is 0 Å². The summed E-state index contributed by atoms with van der Waals surface area (Å²) in [5, 5.41) is 18.0. The topological polar surface area (TPSA) is 92.2 Å². The minimum Gasteiger partial charge on any atom is -0.477 e. The van der Waals surface area contributed by atoms with Crippen LogP contribution < -0.4 is 5.63 Å². The lowest BCUT2D eigenvalue weighted by Gasteiger charge is -2.07. The van der Waals surface area contributed by atoms with Gasteiger partial charge in [-0.15, -0.1) is 5.11 Å². The second-order valence-electron chi connectivity index (χ2n) is 5.10. The lowest BCUT2D eigenvalue weighted by Crippen LogP contribution is -2.14. The molecule has 120 valence electrons. The van der Waals surface area contributed by atoms with Gasteiger partial charge in [-0.25, -0.2) is 9.59 Å². The number of benzene rings is 2. The van der Waals surface area contributed by atoms with Crippen molar-refractivity contribution in [2.45, 2.75) is 13.3 Å². The van der Waals surface area contributed by atoms with Gasteiger partial charge in [0.15, 0.2) is 5.56 Å². The number of fused-ring (bicyclic) bond motifs is 1. The van der Waals surface area contributed by atoms with E-state index in [0.717, 1.165) is 5.56 Å². The second-order valence-corrected chi connectivity index (χ2v) is 5.10. The van der Waals surface area contributed by atoms with Crippen molar-refractivity contribution in [2.24, 2.45) is 10.2 Å². The third kappa shape index (κ3) is 2.81. The van der Waals surface area contributed by atoms with Crippen molar-refractivity contribution in [3.05, 3.63) is 70.1 Å². The lowest BCUT2D eigenvalue weighted by atomic mass is 10.0. The minimum absolute atomic E-state index is 0.0232. The molecule has 0 saturated carbocycles. The van der Waals surface area contributed by atoms with Crippen LogP contribution in [-0.2, 0) is 6.42 Å². The molecule has 0 unspecified atom stereocenters. The van der Waals surface area contributed by atoms with Gasteiger partial charge in [-0.3, -0.25) is 0 Å². The normalized spacial score (nSPS) is 11.2. The number of aryl methyl sites for hydroxylation is 1. The summed E-state index contributed by atoms with van der Waals surface area (Å²) in [4.78, 5) is 23.6. The number of azo groups is 1. The summed E-state index contributed by atoms with van der Waals surface area (Å²) < 4.78 is 5.15. The second kappa shape index (κ2) is 6.45. The van der Waals surface area contributed by atoms with E-state index in [4.69, 9.17) is 4.42 Å². The zero-order valence-electron chi connectivity index (χ0n) is 12.9. The van der Waals surface area contributed by atoms with E-state index >= 15 is 0 Å². The van der Waals surface area contributed by atoms with E-state index in [0.29, 0.717) is 23.1 Å². The first-order valence-electron chi connectivity index (χ1n) is 7.40. The van der Waals surface area contributed by atoms with E-state index in [1.165, 1.54) is 0 Å². The molecule has 0 radical (unpaired) electrons. The van der Waals surface area contributed by atoms with E-state index in [2.05, 4.69) is 10.2 Å². The average molecular weight is 322 g/mol. The van der Waals surface area contributed by atoms with Gasteiger partial charge in [-0.2, -0.15) is 5.11 Å². The fourth-order valence-corrected chi connectivity index (χ4v) is 2.49. The molecule has 1 heterocycles. The highest BCUT2D eigenvalue weighted by molar-refractivity contribution is 6.03. The number of hydrogen-bond donors (Lipinski definition) is 1. The van der Waals surface area contributed by atoms with Crippen molar-refractivity contribution in [2.75, 3.05) is 0 Å². The summed E-state index contributed by atoms with van der Waals surface area (Å²) in [6.45, 7) is 1.93. The third-order valence-electron chi connectivity index (χ3n) is 3.61. The third-order valence-corrected chi connectivity index (χ3v) is 3.61. The van der Waals surface area contributed by atoms with Crippen LogP contribution in [0.2, 0.25) is 0 Å². The molecule has 0 atom stereocenters. The molecule has 1 aromatic heterocycles. The smallest absolute Gasteiger partial charge is 0.353 e. The highest BCUT2D eigenvalue weighted by atomic mass is 16.4. The largest absolute Gasteiger partial charge is 0.477 e. The summed E-state index contributed by atoms with van der Waals surface area (Å²) >= 11 is 0. The Bertz CT molecular complexity index is 991. The van der Waals surface area contributed by atoms with Crippen molar-refractivity contribution >= 4 is 28.3 Å². The molecule has 3 rings (SSSR count). The van der Waals surface area contributed by atoms with E-state index in [1.54, 1.807) is 36.4 Å². The highest BCUT2D eigenvalue weighted by Crippen LogP contribution is 2.32. The zero-order valence-corrected chi connectivity index (χ0v) is 12.9. The first kappa shape index (κ1) is 15.6. The molecule has 0 aliphatic carbocycles. The van der Waals surface area contributed by atoms with Crippen LogP contribution in [0.5, 0.6) is 0 Å². The molecule has 0 aliphatic heterocycles. The molecule has 0 amide bonds. The maximum atomic E-state index is 12.1. The molecule has 2 aromatic carbocycles. The average Bonchev–Trinajstić information content (AvgIpc) is 2.59. The molecule has 0 aliphatic rings. The number of hydrogen-bond acceptors (Lipinski definition) is 5.